The van der Waals surface area contributed by atoms with Crippen LogP contribution in [-0.2, 0) is 9.59 Å². The zero-order valence-corrected chi connectivity index (χ0v) is 12.9. The Kier molecular flexibility index (Phi) is 7.79. The summed E-state index contributed by atoms with van der Waals surface area (Å²) in [7, 11) is 0. The second-order valence-electron chi connectivity index (χ2n) is 4.66. The van der Waals surface area contributed by atoms with Gasteiger partial charge in [-0.1, -0.05) is 43.5 Å². The summed E-state index contributed by atoms with van der Waals surface area (Å²) in [5, 5.41) is 11.9. The van der Waals surface area contributed by atoms with E-state index in [1.165, 1.54) is 4.90 Å². The minimum atomic E-state index is -0.743. The van der Waals surface area contributed by atoms with Crippen LogP contribution in [0, 0.1) is 0 Å². The number of benzene rings is 1. The van der Waals surface area contributed by atoms with Crippen LogP contribution in [0.25, 0.3) is 0 Å². The van der Waals surface area contributed by atoms with E-state index in [1.807, 2.05) is 0 Å². The molecule has 0 spiro atoms. The van der Waals surface area contributed by atoms with Gasteiger partial charge in [0.05, 0.1) is 17.3 Å². The Morgan fingerprint density at radius 2 is 1.95 bits per heavy atom. The largest absolute Gasteiger partial charge is 0.395 e. The van der Waals surface area contributed by atoms with E-state index >= 15 is 0 Å². The van der Waals surface area contributed by atoms with Gasteiger partial charge in [0.15, 0.2) is 0 Å². The molecular formula is C15H21ClN2O3. The summed E-state index contributed by atoms with van der Waals surface area (Å²) in [5.74, 6) is -1.40. The summed E-state index contributed by atoms with van der Waals surface area (Å²) in [6.45, 7) is 2.50. The zero-order chi connectivity index (χ0) is 15.7. The highest BCUT2D eigenvalue weighted by molar-refractivity contribution is 6.41. The molecule has 0 fully saturated rings. The van der Waals surface area contributed by atoms with Crippen LogP contribution in [0.2, 0.25) is 5.02 Å². The first kappa shape index (κ1) is 17.5. The number of rotatable bonds is 7. The molecular weight excluding hydrogens is 292 g/mol. The molecule has 1 aromatic rings. The van der Waals surface area contributed by atoms with Crippen molar-refractivity contribution in [1.29, 1.82) is 0 Å². The van der Waals surface area contributed by atoms with Gasteiger partial charge in [-0.05, 0) is 18.6 Å². The monoisotopic (exact) mass is 312 g/mol. The molecule has 0 heterocycles. The molecule has 0 unspecified atom stereocenters. The van der Waals surface area contributed by atoms with E-state index in [2.05, 4.69) is 12.2 Å². The van der Waals surface area contributed by atoms with Crippen molar-refractivity contribution in [3.63, 3.8) is 0 Å². The van der Waals surface area contributed by atoms with E-state index < -0.39 is 11.8 Å². The second-order valence-corrected chi connectivity index (χ2v) is 5.06. The maximum absolute atomic E-state index is 12.1. The van der Waals surface area contributed by atoms with E-state index in [9.17, 15) is 9.59 Å². The third-order valence-electron chi connectivity index (χ3n) is 3.01. The fourth-order valence-corrected chi connectivity index (χ4v) is 2.05. The number of nitrogens with zero attached hydrogens (tertiary/aromatic N) is 1. The molecule has 0 aliphatic carbocycles. The van der Waals surface area contributed by atoms with Crippen LogP contribution in [0.1, 0.15) is 26.2 Å². The van der Waals surface area contributed by atoms with Gasteiger partial charge >= 0.3 is 11.8 Å². The van der Waals surface area contributed by atoms with Gasteiger partial charge in [-0.2, -0.15) is 0 Å². The molecule has 21 heavy (non-hydrogen) atoms. The number of anilines is 1. The number of carbonyl (C=O) groups excluding carboxylic acids is 2. The lowest BCUT2D eigenvalue weighted by molar-refractivity contribution is -0.143. The maximum Gasteiger partial charge on any atom is 0.313 e. The highest BCUT2D eigenvalue weighted by Crippen LogP contribution is 2.20. The minimum Gasteiger partial charge on any atom is -0.395 e. The van der Waals surface area contributed by atoms with E-state index in [0.29, 0.717) is 17.3 Å². The summed E-state index contributed by atoms with van der Waals surface area (Å²) < 4.78 is 0. The van der Waals surface area contributed by atoms with Crippen LogP contribution >= 0.6 is 11.6 Å². The highest BCUT2D eigenvalue weighted by atomic mass is 35.5. The van der Waals surface area contributed by atoms with Crippen molar-refractivity contribution in [3.8, 4) is 0 Å². The molecule has 0 aliphatic heterocycles. The Labute approximate surface area is 129 Å². The zero-order valence-electron chi connectivity index (χ0n) is 12.1. The summed E-state index contributed by atoms with van der Waals surface area (Å²) in [6.07, 6.45) is 2.80. The molecule has 0 atom stereocenters. The van der Waals surface area contributed by atoms with Gasteiger partial charge in [0, 0.05) is 13.1 Å². The number of aliphatic hydroxyl groups is 1. The molecule has 1 aromatic carbocycles. The van der Waals surface area contributed by atoms with Crippen molar-refractivity contribution in [2.75, 3.05) is 25.0 Å². The molecule has 0 bridgehead atoms. The lowest BCUT2D eigenvalue weighted by atomic mass is 10.2. The Morgan fingerprint density at radius 3 is 2.57 bits per heavy atom. The number of hydrogen-bond donors (Lipinski definition) is 2. The van der Waals surface area contributed by atoms with Gasteiger partial charge < -0.3 is 15.3 Å². The van der Waals surface area contributed by atoms with E-state index in [-0.39, 0.29) is 13.2 Å². The predicted molar refractivity (Wildman–Crippen MR) is 83.3 cm³/mol. The molecule has 1 rings (SSSR count). The molecule has 0 saturated carbocycles. The van der Waals surface area contributed by atoms with E-state index in [0.717, 1.165) is 19.3 Å². The average Bonchev–Trinajstić information content (AvgIpc) is 2.48. The van der Waals surface area contributed by atoms with E-state index in [1.54, 1.807) is 24.3 Å². The van der Waals surface area contributed by atoms with E-state index in [4.69, 9.17) is 16.7 Å². The van der Waals surface area contributed by atoms with Crippen molar-refractivity contribution in [2.24, 2.45) is 0 Å². The number of nitrogens with one attached hydrogen (secondary N) is 1. The first-order valence-electron chi connectivity index (χ1n) is 7.05. The average molecular weight is 313 g/mol. The van der Waals surface area contributed by atoms with Gasteiger partial charge in [-0.3, -0.25) is 9.59 Å². The molecule has 0 aromatic heterocycles. The molecule has 0 aliphatic rings. The number of halogens is 1. The third-order valence-corrected chi connectivity index (χ3v) is 3.33. The fraction of sp³-hybridized carbons (Fsp3) is 0.467. The van der Waals surface area contributed by atoms with Crippen LogP contribution < -0.4 is 5.32 Å². The van der Waals surface area contributed by atoms with Crippen LogP contribution in [0.15, 0.2) is 24.3 Å². The number of para-hydroxylation sites is 1. The van der Waals surface area contributed by atoms with Gasteiger partial charge in [-0.25, -0.2) is 0 Å². The smallest absolute Gasteiger partial charge is 0.313 e. The summed E-state index contributed by atoms with van der Waals surface area (Å²) in [5.41, 5.74) is 0.398. The molecule has 2 amide bonds. The normalized spacial score (nSPS) is 10.2. The lowest BCUT2D eigenvalue weighted by Crippen LogP contribution is -2.41. The second kappa shape index (κ2) is 9.37. The van der Waals surface area contributed by atoms with Crippen molar-refractivity contribution in [2.45, 2.75) is 26.2 Å². The van der Waals surface area contributed by atoms with Gasteiger partial charge in [0.25, 0.3) is 0 Å². The summed E-state index contributed by atoms with van der Waals surface area (Å²) in [6, 6.07) is 6.72. The van der Waals surface area contributed by atoms with Crippen molar-refractivity contribution < 1.29 is 14.7 Å². The van der Waals surface area contributed by atoms with Crippen molar-refractivity contribution in [1.82, 2.24) is 4.90 Å². The molecule has 6 heteroatoms. The van der Waals surface area contributed by atoms with Gasteiger partial charge in [-0.15, -0.1) is 0 Å². The van der Waals surface area contributed by atoms with Crippen LogP contribution in [0.3, 0.4) is 0 Å². The molecule has 5 nitrogen and oxygen atoms in total. The number of hydrogen-bond acceptors (Lipinski definition) is 3. The van der Waals surface area contributed by atoms with Gasteiger partial charge in [0.1, 0.15) is 0 Å². The maximum atomic E-state index is 12.1. The van der Waals surface area contributed by atoms with Crippen molar-refractivity contribution in [3.05, 3.63) is 29.3 Å². The fourth-order valence-electron chi connectivity index (χ4n) is 1.87. The first-order chi connectivity index (χ1) is 10.1. The SMILES string of the molecule is CCCCCN(CCO)C(=O)C(=O)Nc1ccccc1Cl. The van der Waals surface area contributed by atoms with Crippen LogP contribution in [0.5, 0.6) is 0 Å². The predicted octanol–water partition coefficient (Wildman–Crippen LogP) is 2.29. The first-order valence-corrected chi connectivity index (χ1v) is 7.43. The number of unbranched alkanes of at least 4 members (excludes halogenated alkanes) is 2. The Balaban J connectivity index is 2.65. The highest BCUT2D eigenvalue weighted by Gasteiger charge is 2.21. The summed E-state index contributed by atoms with van der Waals surface area (Å²) in [4.78, 5) is 25.4. The van der Waals surface area contributed by atoms with Gasteiger partial charge in [0.2, 0.25) is 0 Å². The van der Waals surface area contributed by atoms with Crippen molar-refractivity contribution >= 4 is 29.1 Å². The molecule has 0 saturated heterocycles. The number of amides is 2. The minimum absolute atomic E-state index is 0.151. The van der Waals surface area contributed by atoms with Crippen LogP contribution in [0.4, 0.5) is 5.69 Å². The molecule has 116 valence electrons. The molecule has 0 radical (unpaired) electrons. The topological polar surface area (TPSA) is 69.6 Å². The number of aliphatic hydroxyl groups excluding tert-OH is 1. The molecule has 2 N–H and O–H groups in total. The Bertz CT molecular complexity index is 480. The van der Waals surface area contributed by atoms with Crippen LogP contribution in [-0.4, -0.2) is 41.5 Å². The Morgan fingerprint density at radius 1 is 1.24 bits per heavy atom. The standard InChI is InChI=1S/C15H21ClN2O3/c1-2-3-6-9-18(10-11-19)15(21)14(20)17-13-8-5-4-7-12(13)16/h4-5,7-8,19H,2-3,6,9-11H2,1H3,(H,17,20). The lowest BCUT2D eigenvalue weighted by Gasteiger charge is -2.21. The number of carbonyl (C=O) groups is 2. The quantitative estimate of drug-likeness (QED) is 0.599. The summed E-state index contributed by atoms with van der Waals surface area (Å²) >= 11 is 5.94. The Hall–Kier alpha value is -1.59. The third kappa shape index (κ3) is 5.73.